The fourth-order valence-corrected chi connectivity index (χ4v) is 5.59. The van der Waals surface area contributed by atoms with E-state index in [0.29, 0.717) is 13.0 Å². The van der Waals surface area contributed by atoms with E-state index in [9.17, 15) is 8.42 Å². The maximum absolute atomic E-state index is 11.6. The second kappa shape index (κ2) is 7.37. The first-order valence-corrected chi connectivity index (χ1v) is 11.1. The first kappa shape index (κ1) is 18.3. The number of sulfone groups is 1. The fraction of sp³-hybridized carbons (Fsp3) is 0.529. The van der Waals surface area contributed by atoms with Gasteiger partial charge in [-0.2, -0.15) is 0 Å². The molecule has 2 heterocycles. The summed E-state index contributed by atoms with van der Waals surface area (Å²) in [5.41, 5.74) is 2.37. The molecule has 3 rings (SSSR count). The Morgan fingerprint density at radius 1 is 1.24 bits per heavy atom. The van der Waals surface area contributed by atoms with E-state index in [1.807, 2.05) is 23.7 Å². The first-order chi connectivity index (χ1) is 11.8. The summed E-state index contributed by atoms with van der Waals surface area (Å²) in [6, 6.07) is 6.17. The van der Waals surface area contributed by atoms with Crippen LogP contribution in [0.4, 0.5) is 0 Å². The molecule has 1 aromatic carbocycles. The molecule has 1 atom stereocenters. The van der Waals surface area contributed by atoms with Gasteiger partial charge >= 0.3 is 0 Å². The van der Waals surface area contributed by atoms with E-state index >= 15 is 0 Å². The molecule has 2 aromatic rings. The highest BCUT2D eigenvalue weighted by Gasteiger charge is 2.32. The lowest BCUT2D eigenvalue weighted by Crippen LogP contribution is -2.09. The van der Waals surface area contributed by atoms with Gasteiger partial charge in [0.1, 0.15) is 11.6 Å². The minimum absolute atomic E-state index is 0.0385. The molecule has 1 saturated heterocycles. The summed E-state index contributed by atoms with van der Waals surface area (Å²) < 4.78 is 31.0. The molecule has 1 aliphatic rings. The Labute approximate surface area is 152 Å². The molecule has 8 heteroatoms. The molecule has 0 saturated carbocycles. The fourth-order valence-electron chi connectivity index (χ4n) is 3.11. The molecule has 6 nitrogen and oxygen atoms in total. The molecule has 1 aliphatic heterocycles. The highest BCUT2D eigenvalue weighted by atomic mass is 32.2. The minimum atomic E-state index is -2.92. The molecule has 0 unspecified atom stereocenters. The Balaban J connectivity index is 1.54. The number of aryl methyl sites for hydroxylation is 2. The SMILES string of the molecule is Cc1cc(C)cc(OCCSc2nnc([C@H]3CCS(=O)(=O)C3)n2C)c1. The molecular formula is C17H23N3O3S2. The Morgan fingerprint density at radius 3 is 2.60 bits per heavy atom. The van der Waals surface area contributed by atoms with Crippen molar-refractivity contribution in [3.05, 3.63) is 35.2 Å². The summed E-state index contributed by atoms with van der Waals surface area (Å²) in [6.45, 7) is 4.69. The van der Waals surface area contributed by atoms with Gasteiger partial charge < -0.3 is 9.30 Å². The third-order valence-electron chi connectivity index (χ3n) is 4.24. The molecular weight excluding hydrogens is 358 g/mol. The summed E-state index contributed by atoms with van der Waals surface area (Å²) in [5, 5.41) is 9.21. The van der Waals surface area contributed by atoms with Crippen molar-refractivity contribution in [1.29, 1.82) is 0 Å². The molecule has 1 aromatic heterocycles. The van der Waals surface area contributed by atoms with Crippen LogP contribution in [-0.2, 0) is 16.9 Å². The second-order valence-electron chi connectivity index (χ2n) is 6.52. The molecule has 0 radical (unpaired) electrons. The lowest BCUT2D eigenvalue weighted by molar-refractivity contribution is 0.343. The van der Waals surface area contributed by atoms with Gasteiger partial charge in [0.05, 0.1) is 18.1 Å². The topological polar surface area (TPSA) is 74.1 Å². The van der Waals surface area contributed by atoms with Crippen LogP contribution in [0.15, 0.2) is 23.4 Å². The lowest BCUT2D eigenvalue weighted by Gasteiger charge is -2.09. The van der Waals surface area contributed by atoms with Gasteiger partial charge in [0, 0.05) is 18.7 Å². The average Bonchev–Trinajstić information content (AvgIpc) is 3.05. The van der Waals surface area contributed by atoms with Gasteiger partial charge in [0.2, 0.25) is 0 Å². The van der Waals surface area contributed by atoms with Crippen LogP contribution in [0.25, 0.3) is 0 Å². The van der Waals surface area contributed by atoms with E-state index in [4.69, 9.17) is 4.74 Å². The van der Waals surface area contributed by atoms with Crippen LogP contribution in [0.5, 0.6) is 5.75 Å². The molecule has 25 heavy (non-hydrogen) atoms. The van der Waals surface area contributed by atoms with Crippen LogP contribution < -0.4 is 4.74 Å². The average molecular weight is 382 g/mol. The van der Waals surface area contributed by atoms with Crippen molar-refractivity contribution < 1.29 is 13.2 Å². The first-order valence-electron chi connectivity index (χ1n) is 8.28. The highest BCUT2D eigenvalue weighted by Crippen LogP contribution is 2.29. The van der Waals surface area contributed by atoms with Gasteiger partial charge in [-0.3, -0.25) is 0 Å². The minimum Gasteiger partial charge on any atom is -0.493 e. The van der Waals surface area contributed by atoms with Crippen LogP contribution in [0, 0.1) is 13.8 Å². The van der Waals surface area contributed by atoms with E-state index in [1.165, 1.54) is 11.1 Å². The summed E-state index contributed by atoms with van der Waals surface area (Å²) in [7, 11) is -1.02. The van der Waals surface area contributed by atoms with E-state index in [1.54, 1.807) is 11.8 Å². The van der Waals surface area contributed by atoms with Crippen LogP contribution >= 0.6 is 11.8 Å². The van der Waals surface area contributed by atoms with E-state index in [0.717, 1.165) is 22.5 Å². The number of hydrogen-bond donors (Lipinski definition) is 0. The predicted molar refractivity (Wildman–Crippen MR) is 99.1 cm³/mol. The van der Waals surface area contributed by atoms with E-state index in [2.05, 4.69) is 30.1 Å². The molecule has 0 spiro atoms. The van der Waals surface area contributed by atoms with Crippen LogP contribution in [0.1, 0.15) is 29.3 Å². The molecule has 0 N–H and O–H groups in total. The number of nitrogens with zero attached hydrogens (tertiary/aromatic N) is 3. The number of hydrogen-bond acceptors (Lipinski definition) is 6. The maximum Gasteiger partial charge on any atom is 0.191 e. The van der Waals surface area contributed by atoms with Gasteiger partial charge in [-0.05, 0) is 43.5 Å². The third-order valence-corrected chi connectivity index (χ3v) is 7.00. The van der Waals surface area contributed by atoms with Crippen molar-refractivity contribution in [2.75, 3.05) is 23.9 Å². The van der Waals surface area contributed by atoms with E-state index < -0.39 is 9.84 Å². The molecule has 0 aliphatic carbocycles. The molecule has 136 valence electrons. The normalized spacial score (nSPS) is 19.2. The lowest BCUT2D eigenvalue weighted by atomic mass is 10.1. The molecule has 1 fully saturated rings. The molecule has 0 bridgehead atoms. The van der Waals surface area contributed by atoms with Gasteiger partial charge in [0.25, 0.3) is 0 Å². The summed E-state index contributed by atoms with van der Waals surface area (Å²) in [5.74, 6) is 2.79. The number of aromatic nitrogens is 3. The van der Waals surface area contributed by atoms with Gasteiger partial charge in [0.15, 0.2) is 15.0 Å². The number of thioether (sulfide) groups is 1. The van der Waals surface area contributed by atoms with Crippen molar-refractivity contribution in [2.45, 2.75) is 31.3 Å². The zero-order chi connectivity index (χ0) is 18.0. The van der Waals surface area contributed by atoms with Crippen molar-refractivity contribution in [2.24, 2.45) is 7.05 Å². The largest absolute Gasteiger partial charge is 0.493 e. The van der Waals surface area contributed by atoms with Gasteiger partial charge in [-0.1, -0.05) is 17.8 Å². The van der Waals surface area contributed by atoms with Crippen molar-refractivity contribution >= 4 is 21.6 Å². The number of ether oxygens (including phenoxy) is 1. The zero-order valence-corrected chi connectivity index (χ0v) is 16.4. The Kier molecular flexibility index (Phi) is 5.38. The highest BCUT2D eigenvalue weighted by molar-refractivity contribution is 7.99. The Morgan fingerprint density at radius 2 is 1.96 bits per heavy atom. The zero-order valence-electron chi connectivity index (χ0n) is 14.7. The molecule has 0 amide bonds. The summed E-state index contributed by atoms with van der Waals surface area (Å²) in [4.78, 5) is 0. The van der Waals surface area contributed by atoms with Gasteiger partial charge in [-0.15, -0.1) is 10.2 Å². The number of rotatable bonds is 6. The quantitative estimate of drug-likeness (QED) is 0.565. The van der Waals surface area contributed by atoms with Crippen LogP contribution in [0.2, 0.25) is 0 Å². The predicted octanol–water partition coefficient (Wildman–Crippen LogP) is 2.51. The Hall–Kier alpha value is -1.54. The van der Waals surface area contributed by atoms with E-state index in [-0.39, 0.29) is 17.4 Å². The van der Waals surface area contributed by atoms with Crippen molar-refractivity contribution in [3.8, 4) is 5.75 Å². The monoisotopic (exact) mass is 381 g/mol. The van der Waals surface area contributed by atoms with Crippen LogP contribution in [-0.4, -0.2) is 47.0 Å². The number of benzene rings is 1. The standard InChI is InChI=1S/C17H23N3O3S2/c1-12-8-13(2)10-15(9-12)23-5-6-24-17-19-18-16(20(17)3)14-4-7-25(21,22)11-14/h8-10,14H,4-7,11H2,1-3H3/t14-/m0/s1. The summed E-state index contributed by atoms with van der Waals surface area (Å²) in [6.07, 6.45) is 0.634. The van der Waals surface area contributed by atoms with Crippen molar-refractivity contribution in [1.82, 2.24) is 14.8 Å². The maximum atomic E-state index is 11.6. The second-order valence-corrected chi connectivity index (χ2v) is 9.81. The van der Waals surface area contributed by atoms with Crippen LogP contribution in [0.3, 0.4) is 0 Å². The smallest absolute Gasteiger partial charge is 0.191 e. The summed E-state index contributed by atoms with van der Waals surface area (Å²) >= 11 is 1.57. The van der Waals surface area contributed by atoms with Crippen molar-refractivity contribution in [3.63, 3.8) is 0 Å². The Bertz CT molecular complexity index is 842. The van der Waals surface area contributed by atoms with Gasteiger partial charge in [-0.25, -0.2) is 8.42 Å². The third kappa shape index (κ3) is 4.55.